The SMILES string of the molecule is O=Cc1ccc(OCCOP(=O)(O)CN(CCN(CP(=O)(O)O)CP(=O)(O)O)CP(=O)(O)O)cc1. The summed E-state index contributed by atoms with van der Waals surface area (Å²) in [5, 5.41) is 0. The van der Waals surface area contributed by atoms with Crippen molar-refractivity contribution in [2.75, 3.05) is 51.4 Å². The minimum Gasteiger partial charge on any atom is -0.491 e. The average molecular weight is 584 g/mol. The van der Waals surface area contributed by atoms with Gasteiger partial charge in [0.05, 0.1) is 6.61 Å². The van der Waals surface area contributed by atoms with Crippen LogP contribution < -0.4 is 4.74 Å². The third-order valence-corrected chi connectivity index (χ3v) is 7.57. The molecule has 0 aliphatic heterocycles. The Morgan fingerprint density at radius 3 is 1.51 bits per heavy atom. The Kier molecular flexibility index (Phi) is 12.6. The first-order valence-electron chi connectivity index (χ1n) is 9.60. The molecule has 0 heterocycles. The van der Waals surface area contributed by atoms with Crippen molar-refractivity contribution in [3.8, 4) is 5.75 Å². The van der Waals surface area contributed by atoms with Gasteiger partial charge in [0, 0.05) is 18.7 Å². The number of benzene rings is 1. The molecular formula is C15H28N2O14P4. The highest BCUT2D eigenvalue weighted by Gasteiger charge is 2.31. The van der Waals surface area contributed by atoms with Crippen molar-refractivity contribution in [1.29, 1.82) is 0 Å². The second-order valence-electron chi connectivity index (χ2n) is 7.35. The summed E-state index contributed by atoms with van der Waals surface area (Å²) in [6, 6.07) is 5.96. The second-order valence-corrected chi connectivity index (χ2v) is 14.0. The summed E-state index contributed by atoms with van der Waals surface area (Å²) in [7, 11) is -18.7. The number of aldehydes is 1. The van der Waals surface area contributed by atoms with Crippen molar-refractivity contribution in [2.45, 2.75) is 0 Å². The van der Waals surface area contributed by atoms with E-state index in [0.717, 1.165) is 4.90 Å². The lowest BCUT2D eigenvalue weighted by Crippen LogP contribution is -2.37. The predicted octanol–water partition coefficient (Wildman–Crippen LogP) is 0.0470. The Bertz CT molecular complexity index is 979. The van der Waals surface area contributed by atoms with Crippen LogP contribution in [0.2, 0.25) is 0 Å². The molecule has 0 saturated carbocycles. The maximum atomic E-state index is 12.4. The van der Waals surface area contributed by atoms with Gasteiger partial charge in [-0.15, -0.1) is 0 Å². The van der Waals surface area contributed by atoms with Gasteiger partial charge in [-0.25, -0.2) is 0 Å². The Hall–Kier alpha value is -0.790. The van der Waals surface area contributed by atoms with Gasteiger partial charge in [0.1, 0.15) is 43.8 Å². The number of rotatable bonds is 17. The Labute approximate surface area is 200 Å². The van der Waals surface area contributed by atoms with E-state index in [-0.39, 0.29) is 6.61 Å². The fraction of sp³-hybridized carbons (Fsp3) is 0.533. The summed E-state index contributed by atoms with van der Waals surface area (Å²) in [5.74, 6) is 0.352. The van der Waals surface area contributed by atoms with Gasteiger partial charge >= 0.3 is 30.4 Å². The van der Waals surface area contributed by atoms with E-state index in [2.05, 4.69) is 0 Å². The van der Waals surface area contributed by atoms with Crippen molar-refractivity contribution in [3.05, 3.63) is 29.8 Å². The Morgan fingerprint density at radius 1 is 0.686 bits per heavy atom. The van der Waals surface area contributed by atoms with Crippen LogP contribution in [0, 0.1) is 0 Å². The molecular weight excluding hydrogens is 556 g/mol. The van der Waals surface area contributed by atoms with Gasteiger partial charge in [0.25, 0.3) is 0 Å². The molecule has 202 valence electrons. The van der Waals surface area contributed by atoms with Crippen molar-refractivity contribution < 1.29 is 66.6 Å². The fourth-order valence-corrected chi connectivity index (χ4v) is 6.50. The zero-order valence-corrected chi connectivity index (χ0v) is 21.8. The summed E-state index contributed by atoms with van der Waals surface area (Å²) in [4.78, 5) is 77.1. The van der Waals surface area contributed by atoms with Crippen LogP contribution in [-0.4, -0.2) is 102 Å². The molecule has 1 rings (SSSR count). The molecule has 0 spiro atoms. The zero-order valence-electron chi connectivity index (χ0n) is 18.2. The molecule has 0 aromatic heterocycles. The summed E-state index contributed by atoms with van der Waals surface area (Å²) < 4.78 is 56.5. The lowest BCUT2D eigenvalue weighted by Gasteiger charge is -2.29. The molecule has 0 fully saturated rings. The van der Waals surface area contributed by atoms with E-state index >= 15 is 0 Å². The van der Waals surface area contributed by atoms with Crippen LogP contribution in [0.3, 0.4) is 0 Å². The molecule has 16 nitrogen and oxygen atoms in total. The molecule has 0 aliphatic carbocycles. The zero-order chi connectivity index (χ0) is 26.9. The number of ether oxygens (including phenoxy) is 1. The van der Waals surface area contributed by atoms with E-state index in [1.165, 1.54) is 24.3 Å². The van der Waals surface area contributed by atoms with Crippen molar-refractivity contribution >= 4 is 36.7 Å². The van der Waals surface area contributed by atoms with Crippen LogP contribution in [-0.2, 0) is 22.8 Å². The minimum atomic E-state index is -4.77. The average Bonchev–Trinajstić information content (AvgIpc) is 2.66. The number of hydrogen-bond donors (Lipinski definition) is 7. The topological polar surface area (TPSA) is 252 Å². The fourth-order valence-electron chi connectivity index (χ4n) is 2.71. The number of carbonyl (C=O) groups excluding carboxylic acids is 1. The molecule has 0 aliphatic rings. The monoisotopic (exact) mass is 584 g/mol. The van der Waals surface area contributed by atoms with E-state index < -0.39 is 75.2 Å². The van der Waals surface area contributed by atoms with Crippen molar-refractivity contribution in [2.24, 2.45) is 0 Å². The molecule has 35 heavy (non-hydrogen) atoms. The molecule has 0 saturated heterocycles. The number of hydrogen-bond acceptors (Lipinski definition) is 9. The first-order chi connectivity index (χ1) is 15.9. The summed E-state index contributed by atoms with van der Waals surface area (Å²) in [6.07, 6.45) is -3.40. The first-order valence-corrected chi connectivity index (χ1v) is 16.8. The maximum Gasteiger partial charge on any atom is 0.342 e. The van der Waals surface area contributed by atoms with Crippen LogP contribution in [0.25, 0.3) is 0 Å². The van der Waals surface area contributed by atoms with E-state index in [0.29, 0.717) is 22.5 Å². The summed E-state index contributed by atoms with van der Waals surface area (Å²) in [5.41, 5.74) is 0.416. The summed E-state index contributed by atoms with van der Waals surface area (Å²) >= 11 is 0. The normalized spacial score (nSPS) is 14.8. The highest BCUT2D eigenvalue weighted by atomic mass is 31.2. The lowest BCUT2D eigenvalue weighted by atomic mass is 10.2. The van der Waals surface area contributed by atoms with Gasteiger partial charge in [-0.2, -0.15) is 0 Å². The molecule has 1 unspecified atom stereocenters. The van der Waals surface area contributed by atoms with Crippen LogP contribution in [0.1, 0.15) is 10.4 Å². The van der Waals surface area contributed by atoms with Gasteiger partial charge in [0.2, 0.25) is 0 Å². The van der Waals surface area contributed by atoms with Gasteiger partial charge in [0.15, 0.2) is 0 Å². The standard InChI is InChI=1S/C15H28N2O14P4/c18-9-14-1-3-15(4-2-14)30-7-8-31-35(28,29)13-17(12-34(25,26)27)6-5-16(10-32(19,20)21)11-33(22,23)24/h1-4,9H,5-8,10-13H2,(H,28,29)(H2,19,20,21)(H2,22,23,24)(H2,25,26,27). The smallest absolute Gasteiger partial charge is 0.342 e. The Balaban J connectivity index is 2.73. The lowest BCUT2D eigenvalue weighted by molar-refractivity contribution is 0.112. The number of nitrogens with zero attached hydrogens (tertiary/aromatic N) is 2. The van der Waals surface area contributed by atoms with E-state index in [4.69, 9.17) is 28.8 Å². The molecule has 1 aromatic rings. The van der Waals surface area contributed by atoms with Gasteiger partial charge in [-0.3, -0.25) is 32.9 Å². The van der Waals surface area contributed by atoms with Crippen molar-refractivity contribution in [3.63, 3.8) is 0 Å². The van der Waals surface area contributed by atoms with E-state index in [9.17, 15) is 37.7 Å². The number of carbonyl (C=O) groups is 1. The minimum absolute atomic E-state index is 0.179. The molecule has 1 aromatic carbocycles. The van der Waals surface area contributed by atoms with Crippen molar-refractivity contribution in [1.82, 2.24) is 9.80 Å². The van der Waals surface area contributed by atoms with E-state index in [1.54, 1.807) is 0 Å². The quantitative estimate of drug-likeness (QED) is 0.0725. The largest absolute Gasteiger partial charge is 0.491 e. The highest BCUT2D eigenvalue weighted by molar-refractivity contribution is 7.53. The molecule has 0 bridgehead atoms. The maximum absolute atomic E-state index is 12.4. The third kappa shape index (κ3) is 16.6. The molecule has 1 atom stereocenters. The van der Waals surface area contributed by atoms with E-state index in [1.807, 2.05) is 0 Å². The van der Waals surface area contributed by atoms with Gasteiger partial charge < -0.3 is 43.5 Å². The molecule has 0 amide bonds. The van der Waals surface area contributed by atoms with Crippen LogP contribution in [0.4, 0.5) is 0 Å². The molecule has 20 heteroatoms. The van der Waals surface area contributed by atoms with Crippen LogP contribution in [0.5, 0.6) is 5.75 Å². The highest BCUT2D eigenvalue weighted by Crippen LogP contribution is 2.45. The second kappa shape index (κ2) is 13.7. The Morgan fingerprint density at radius 2 is 1.11 bits per heavy atom. The van der Waals surface area contributed by atoms with Gasteiger partial charge in [-0.05, 0) is 24.3 Å². The molecule has 0 radical (unpaired) electrons. The predicted molar refractivity (Wildman–Crippen MR) is 122 cm³/mol. The molecule has 7 N–H and O–H groups in total. The summed E-state index contributed by atoms with van der Waals surface area (Å²) in [6.45, 7) is -1.56. The van der Waals surface area contributed by atoms with Crippen LogP contribution in [0.15, 0.2) is 24.3 Å². The van der Waals surface area contributed by atoms with Gasteiger partial charge in [-0.1, -0.05) is 0 Å². The van der Waals surface area contributed by atoms with Crippen LogP contribution >= 0.6 is 30.4 Å². The first kappa shape index (κ1) is 32.2. The third-order valence-electron chi connectivity index (χ3n) is 3.93.